The third-order valence-electron chi connectivity index (χ3n) is 6.35. The van der Waals surface area contributed by atoms with Gasteiger partial charge in [-0.2, -0.15) is 0 Å². The van der Waals surface area contributed by atoms with Crippen molar-refractivity contribution in [1.29, 1.82) is 0 Å². The number of hydrogen-bond donors (Lipinski definition) is 1. The van der Waals surface area contributed by atoms with Gasteiger partial charge in [-0.25, -0.2) is 0 Å². The van der Waals surface area contributed by atoms with Crippen LogP contribution in [0, 0.1) is 10.1 Å². The molecule has 2 fully saturated rings. The van der Waals surface area contributed by atoms with Crippen molar-refractivity contribution in [3.05, 3.63) is 33.9 Å². The van der Waals surface area contributed by atoms with Gasteiger partial charge in [-0.1, -0.05) is 6.92 Å². The van der Waals surface area contributed by atoms with Crippen LogP contribution in [0.25, 0.3) is 0 Å². The van der Waals surface area contributed by atoms with Gasteiger partial charge in [0.15, 0.2) is 0 Å². The largest absolute Gasteiger partial charge is 0.362 e. The first kappa shape index (κ1) is 23.9. The Morgan fingerprint density at radius 3 is 2.28 bits per heavy atom. The van der Waals surface area contributed by atoms with Crippen molar-refractivity contribution >= 4 is 23.2 Å². The summed E-state index contributed by atoms with van der Waals surface area (Å²) in [5.41, 5.74) is 0.697. The fraction of sp³-hybridized carbons (Fsp3) is 0.636. The third-order valence-corrected chi connectivity index (χ3v) is 6.35. The Morgan fingerprint density at radius 2 is 1.69 bits per heavy atom. The zero-order chi connectivity index (χ0) is 23.1. The minimum atomic E-state index is -0.445. The van der Waals surface area contributed by atoms with E-state index in [9.17, 15) is 19.7 Å². The number of anilines is 1. The number of benzene rings is 1. The van der Waals surface area contributed by atoms with Crippen molar-refractivity contribution in [2.45, 2.75) is 20.3 Å². The molecule has 2 amide bonds. The highest BCUT2D eigenvalue weighted by atomic mass is 16.6. The molecule has 0 saturated carbocycles. The minimum absolute atomic E-state index is 0.00869. The molecule has 0 atom stereocenters. The molecule has 0 spiro atoms. The Hall–Kier alpha value is -2.72. The van der Waals surface area contributed by atoms with Crippen molar-refractivity contribution in [3.63, 3.8) is 0 Å². The fourth-order valence-electron chi connectivity index (χ4n) is 4.28. The molecule has 1 N–H and O–H groups in total. The van der Waals surface area contributed by atoms with E-state index in [2.05, 4.69) is 22.0 Å². The number of piperazine rings is 2. The first-order valence-corrected chi connectivity index (χ1v) is 11.4. The normalized spacial score (nSPS) is 17.9. The van der Waals surface area contributed by atoms with Gasteiger partial charge in [0.1, 0.15) is 5.69 Å². The SMILES string of the molecule is CCN1CCN(CCCNC(=O)c2ccc(N3CCN(C(C)=O)CC3)c([N+](=O)[O-])c2)CC1. The van der Waals surface area contributed by atoms with E-state index in [4.69, 9.17) is 0 Å². The number of rotatable bonds is 8. The van der Waals surface area contributed by atoms with Crippen LogP contribution in [0.15, 0.2) is 18.2 Å². The van der Waals surface area contributed by atoms with E-state index < -0.39 is 4.92 Å². The van der Waals surface area contributed by atoms with Crippen LogP contribution in [0.3, 0.4) is 0 Å². The fourth-order valence-corrected chi connectivity index (χ4v) is 4.28. The van der Waals surface area contributed by atoms with Crippen molar-refractivity contribution in [2.24, 2.45) is 0 Å². The molecular formula is C22H34N6O4. The number of carbonyl (C=O) groups is 2. The first-order valence-electron chi connectivity index (χ1n) is 11.4. The van der Waals surface area contributed by atoms with Gasteiger partial charge in [0, 0.05) is 77.5 Å². The maximum Gasteiger partial charge on any atom is 0.293 e. The summed E-state index contributed by atoms with van der Waals surface area (Å²) >= 11 is 0. The van der Waals surface area contributed by atoms with Gasteiger partial charge in [-0.05, 0) is 31.6 Å². The number of carbonyl (C=O) groups excluding carboxylic acids is 2. The van der Waals surface area contributed by atoms with Gasteiger partial charge in [0.2, 0.25) is 5.91 Å². The molecule has 0 radical (unpaired) electrons. The van der Waals surface area contributed by atoms with E-state index in [0.29, 0.717) is 44.0 Å². The number of nitrogens with zero attached hydrogens (tertiary/aromatic N) is 5. The molecule has 0 aliphatic carbocycles. The van der Waals surface area contributed by atoms with Gasteiger partial charge >= 0.3 is 0 Å². The zero-order valence-corrected chi connectivity index (χ0v) is 19.1. The topological polar surface area (TPSA) is 102 Å². The molecule has 176 valence electrons. The molecule has 2 aliphatic heterocycles. The molecule has 0 aromatic heterocycles. The average Bonchev–Trinajstić information content (AvgIpc) is 2.81. The second-order valence-electron chi connectivity index (χ2n) is 8.34. The van der Waals surface area contributed by atoms with Crippen LogP contribution in [0.5, 0.6) is 0 Å². The van der Waals surface area contributed by atoms with E-state index in [1.54, 1.807) is 17.0 Å². The van der Waals surface area contributed by atoms with Crippen molar-refractivity contribution in [2.75, 3.05) is 76.9 Å². The molecule has 2 aliphatic rings. The predicted molar refractivity (Wildman–Crippen MR) is 123 cm³/mol. The lowest BCUT2D eigenvalue weighted by Gasteiger charge is -2.35. The Bertz CT molecular complexity index is 817. The Labute approximate surface area is 189 Å². The lowest BCUT2D eigenvalue weighted by Crippen LogP contribution is -2.48. The van der Waals surface area contributed by atoms with E-state index in [0.717, 1.165) is 45.7 Å². The highest BCUT2D eigenvalue weighted by Crippen LogP contribution is 2.30. The van der Waals surface area contributed by atoms with Crippen LogP contribution in [0.1, 0.15) is 30.6 Å². The third kappa shape index (κ3) is 6.17. The van der Waals surface area contributed by atoms with Crippen LogP contribution >= 0.6 is 0 Å². The molecule has 32 heavy (non-hydrogen) atoms. The van der Waals surface area contributed by atoms with Crippen LogP contribution in [0.4, 0.5) is 11.4 Å². The van der Waals surface area contributed by atoms with Crippen LogP contribution in [-0.4, -0.2) is 103 Å². The van der Waals surface area contributed by atoms with Crippen molar-refractivity contribution in [1.82, 2.24) is 20.0 Å². The maximum atomic E-state index is 12.5. The summed E-state index contributed by atoms with van der Waals surface area (Å²) < 4.78 is 0. The summed E-state index contributed by atoms with van der Waals surface area (Å²) in [6.45, 7) is 12.6. The molecular weight excluding hydrogens is 412 g/mol. The second-order valence-corrected chi connectivity index (χ2v) is 8.34. The number of nitro benzene ring substituents is 1. The van der Waals surface area contributed by atoms with Gasteiger partial charge in [-0.15, -0.1) is 0 Å². The van der Waals surface area contributed by atoms with Crippen LogP contribution in [0.2, 0.25) is 0 Å². The lowest BCUT2D eigenvalue weighted by molar-refractivity contribution is -0.384. The second kappa shape index (κ2) is 11.2. The van der Waals surface area contributed by atoms with Crippen LogP contribution in [-0.2, 0) is 4.79 Å². The number of hydrogen-bond acceptors (Lipinski definition) is 7. The van der Waals surface area contributed by atoms with Gasteiger partial charge < -0.3 is 24.9 Å². The molecule has 3 rings (SSSR count). The number of nitro groups is 1. The highest BCUT2D eigenvalue weighted by molar-refractivity contribution is 5.95. The summed E-state index contributed by atoms with van der Waals surface area (Å²) in [5, 5.41) is 14.6. The summed E-state index contributed by atoms with van der Waals surface area (Å²) in [6.07, 6.45) is 0.846. The average molecular weight is 447 g/mol. The number of likely N-dealkylation sites (N-methyl/N-ethyl adjacent to an activating group) is 1. The lowest BCUT2D eigenvalue weighted by atomic mass is 10.1. The molecule has 0 bridgehead atoms. The van der Waals surface area contributed by atoms with Gasteiger partial charge in [0.25, 0.3) is 11.6 Å². The summed E-state index contributed by atoms with van der Waals surface area (Å²) in [6, 6.07) is 4.63. The zero-order valence-electron chi connectivity index (χ0n) is 19.1. The van der Waals surface area contributed by atoms with Gasteiger partial charge in [-0.3, -0.25) is 19.7 Å². The van der Waals surface area contributed by atoms with Crippen molar-refractivity contribution in [3.8, 4) is 0 Å². The first-order chi connectivity index (χ1) is 15.4. The Morgan fingerprint density at radius 1 is 1.03 bits per heavy atom. The Kier molecular flexibility index (Phi) is 8.40. The maximum absolute atomic E-state index is 12.5. The standard InChI is InChI=1S/C22H34N6O4/c1-3-24-9-11-25(12-10-24)8-4-7-23-22(30)19-5-6-20(21(17-19)28(31)32)27-15-13-26(14-16-27)18(2)29/h5-6,17H,3-4,7-16H2,1-2H3,(H,23,30). The van der Waals surface area contributed by atoms with Gasteiger partial charge in [0.05, 0.1) is 4.92 Å². The smallest absolute Gasteiger partial charge is 0.293 e. The number of amides is 2. The molecule has 0 unspecified atom stereocenters. The summed E-state index contributed by atoms with van der Waals surface area (Å²) in [5.74, 6) is -0.286. The Balaban J connectivity index is 1.51. The molecule has 2 saturated heterocycles. The quantitative estimate of drug-likeness (QED) is 0.361. The van der Waals surface area contributed by atoms with Crippen LogP contribution < -0.4 is 10.2 Å². The summed E-state index contributed by atoms with van der Waals surface area (Å²) in [7, 11) is 0. The monoisotopic (exact) mass is 446 g/mol. The predicted octanol–water partition coefficient (Wildman–Crippen LogP) is 1.02. The molecule has 1 aromatic carbocycles. The van der Waals surface area contributed by atoms with E-state index in [-0.39, 0.29) is 17.5 Å². The number of nitrogens with one attached hydrogen (secondary N) is 1. The summed E-state index contributed by atoms with van der Waals surface area (Å²) in [4.78, 5) is 43.7. The molecule has 10 nitrogen and oxygen atoms in total. The van der Waals surface area contributed by atoms with E-state index in [1.807, 2.05) is 4.90 Å². The van der Waals surface area contributed by atoms with E-state index in [1.165, 1.54) is 13.0 Å². The molecule has 2 heterocycles. The van der Waals surface area contributed by atoms with Crippen molar-refractivity contribution < 1.29 is 14.5 Å². The molecule has 10 heteroatoms. The van der Waals surface area contributed by atoms with E-state index >= 15 is 0 Å². The molecule has 1 aromatic rings. The minimum Gasteiger partial charge on any atom is -0.362 e. The highest BCUT2D eigenvalue weighted by Gasteiger charge is 2.26.